The van der Waals surface area contributed by atoms with Crippen LogP contribution in [0.2, 0.25) is 0 Å². The van der Waals surface area contributed by atoms with Crippen LogP contribution < -0.4 is 10.6 Å². The van der Waals surface area contributed by atoms with Gasteiger partial charge in [0.15, 0.2) is 0 Å². The normalized spacial score (nSPS) is 30.5. The molecule has 116 valence electrons. The number of hydrogen-bond donors (Lipinski definition) is 1. The summed E-state index contributed by atoms with van der Waals surface area (Å²) >= 11 is 0. The summed E-state index contributed by atoms with van der Waals surface area (Å²) in [5.74, 6) is 0.189. The van der Waals surface area contributed by atoms with Crippen molar-refractivity contribution < 1.29 is 9.59 Å². The number of aldehydes is 1. The molecule has 0 aromatic heterocycles. The van der Waals surface area contributed by atoms with E-state index in [1.54, 1.807) is 0 Å². The van der Waals surface area contributed by atoms with Crippen molar-refractivity contribution >= 4 is 34.3 Å². The molecule has 23 heavy (non-hydrogen) atoms. The second kappa shape index (κ2) is 3.94. The zero-order valence-corrected chi connectivity index (χ0v) is 12.8. The van der Waals surface area contributed by atoms with Gasteiger partial charge in [-0.3, -0.25) is 4.79 Å². The number of amides is 1. The summed E-state index contributed by atoms with van der Waals surface area (Å²) in [6, 6.07) is 10.1. The quantitative estimate of drug-likeness (QED) is 0.685. The van der Waals surface area contributed by atoms with Gasteiger partial charge in [-0.1, -0.05) is 24.3 Å². The Morgan fingerprint density at radius 1 is 1.17 bits per heavy atom. The van der Waals surface area contributed by atoms with E-state index in [9.17, 15) is 9.59 Å². The lowest BCUT2D eigenvalue weighted by Gasteiger charge is -2.67. The molecular weight excluding hydrogens is 288 g/mol. The van der Waals surface area contributed by atoms with Gasteiger partial charge >= 0.3 is 0 Å². The van der Waals surface area contributed by atoms with Crippen LogP contribution in [0.4, 0.5) is 11.4 Å². The zero-order valence-electron chi connectivity index (χ0n) is 12.8. The number of benzene rings is 2. The molecule has 0 atom stereocenters. The fourth-order valence-corrected chi connectivity index (χ4v) is 5.01. The first-order chi connectivity index (χ1) is 11.1. The summed E-state index contributed by atoms with van der Waals surface area (Å²) in [5.41, 5.74) is 8.67. The van der Waals surface area contributed by atoms with E-state index in [-0.39, 0.29) is 16.7 Å². The van der Waals surface area contributed by atoms with Gasteiger partial charge in [0.05, 0.1) is 5.41 Å². The first-order valence-corrected chi connectivity index (χ1v) is 8.16. The van der Waals surface area contributed by atoms with Gasteiger partial charge in [-0.25, -0.2) is 0 Å². The van der Waals surface area contributed by atoms with Crippen LogP contribution in [0.25, 0.3) is 10.8 Å². The van der Waals surface area contributed by atoms with Crippen molar-refractivity contribution in [1.82, 2.24) is 0 Å². The Labute approximate surface area is 134 Å². The van der Waals surface area contributed by atoms with Crippen molar-refractivity contribution in [3.63, 3.8) is 0 Å². The molecule has 0 unspecified atom stereocenters. The number of hydrogen-bond acceptors (Lipinski definition) is 3. The van der Waals surface area contributed by atoms with Crippen LogP contribution in [0.3, 0.4) is 0 Å². The van der Waals surface area contributed by atoms with E-state index in [4.69, 9.17) is 5.73 Å². The Hall–Kier alpha value is -2.36. The molecule has 0 saturated heterocycles. The van der Waals surface area contributed by atoms with Crippen molar-refractivity contribution in [3.05, 3.63) is 35.9 Å². The lowest BCUT2D eigenvalue weighted by Crippen LogP contribution is -2.68. The van der Waals surface area contributed by atoms with Gasteiger partial charge in [0.2, 0.25) is 5.91 Å². The number of fused-ring (bicyclic) bond motifs is 3. The molecule has 2 aromatic carbocycles. The molecule has 3 saturated carbocycles. The summed E-state index contributed by atoms with van der Waals surface area (Å²) in [6.45, 7) is 0.720. The molecule has 3 aliphatic carbocycles. The fourth-order valence-electron chi connectivity index (χ4n) is 5.01. The predicted molar refractivity (Wildman–Crippen MR) is 89.2 cm³/mol. The van der Waals surface area contributed by atoms with Gasteiger partial charge in [-0.05, 0) is 42.7 Å². The third kappa shape index (κ3) is 1.46. The van der Waals surface area contributed by atoms with Crippen molar-refractivity contribution in [1.29, 1.82) is 0 Å². The van der Waals surface area contributed by atoms with Crippen molar-refractivity contribution in [2.75, 3.05) is 17.2 Å². The Morgan fingerprint density at radius 2 is 1.87 bits per heavy atom. The maximum atomic E-state index is 13.0. The third-order valence-electron chi connectivity index (χ3n) is 6.06. The Bertz CT molecular complexity index is 867. The Kier molecular flexibility index (Phi) is 2.24. The molecule has 4 nitrogen and oxygen atoms in total. The minimum absolute atomic E-state index is 0.180. The first kappa shape index (κ1) is 13.1. The van der Waals surface area contributed by atoms with E-state index in [0.717, 1.165) is 60.7 Å². The number of nitrogens with zero attached hydrogens (tertiary/aromatic N) is 1. The lowest BCUT2D eigenvalue weighted by atomic mass is 9.35. The first-order valence-electron chi connectivity index (χ1n) is 8.16. The van der Waals surface area contributed by atoms with Gasteiger partial charge in [0, 0.05) is 28.7 Å². The van der Waals surface area contributed by atoms with Crippen LogP contribution in [-0.2, 0) is 16.0 Å². The fraction of sp³-hybridized carbons (Fsp3) is 0.368. The van der Waals surface area contributed by atoms with E-state index < -0.39 is 0 Å². The molecule has 0 radical (unpaired) electrons. The molecule has 1 heterocycles. The number of nitrogens with two attached hydrogens (primary N) is 1. The molecule has 2 aromatic rings. The lowest BCUT2D eigenvalue weighted by molar-refractivity contribution is -0.197. The largest absolute Gasteiger partial charge is 0.398 e. The topological polar surface area (TPSA) is 63.4 Å². The highest BCUT2D eigenvalue weighted by Gasteiger charge is 2.72. The molecule has 2 N–H and O–H groups in total. The van der Waals surface area contributed by atoms with Gasteiger partial charge in [0.25, 0.3) is 0 Å². The molecule has 0 spiro atoms. The molecule has 4 heteroatoms. The molecular formula is C19H18N2O2. The Morgan fingerprint density at radius 3 is 2.57 bits per heavy atom. The van der Waals surface area contributed by atoms with Gasteiger partial charge in [-0.2, -0.15) is 0 Å². The number of carbonyl (C=O) groups excluding carboxylic acids is 2. The summed E-state index contributed by atoms with van der Waals surface area (Å²) < 4.78 is 0. The van der Waals surface area contributed by atoms with E-state index in [0.29, 0.717) is 0 Å². The van der Waals surface area contributed by atoms with E-state index in [2.05, 4.69) is 6.07 Å². The standard InChI is InChI=1S/C19H18N2O2/c20-15-7-16-14(12-3-1-2-4-13(12)15)5-6-21(16)17(23)19-8-18(9-19,10-19)11-22/h1-4,7,11H,5-6,8-10,20H2. The molecule has 3 fully saturated rings. The van der Waals surface area contributed by atoms with Crippen LogP contribution in [0, 0.1) is 10.8 Å². The number of carbonyl (C=O) groups is 2. The van der Waals surface area contributed by atoms with Crippen LogP contribution in [0.5, 0.6) is 0 Å². The van der Waals surface area contributed by atoms with Crippen LogP contribution >= 0.6 is 0 Å². The number of rotatable bonds is 2. The molecule has 6 rings (SSSR count). The highest BCUT2D eigenvalue weighted by molar-refractivity contribution is 6.08. The van der Waals surface area contributed by atoms with Gasteiger partial charge < -0.3 is 15.4 Å². The molecule has 1 amide bonds. The summed E-state index contributed by atoms with van der Waals surface area (Å²) in [7, 11) is 0. The SMILES string of the molecule is Nc1cc2c(c3ccccc13)CCN2C(=O)C12CC(C=O)(C1)C2. The highest BCUT2D eigenvalue weighted by atomic mass is 16.2. The van der Waals surface area contributed by atoms with Gasteiger partial charge in [-0.15, -0.1) is 0 Å². The highest BCUT2D eigenvalue weighted by Crippen LogP contribution is 2.73. The minimum atomic E-state index is -0.275. The molecule has 4 aliphatic rings. The monoisotopic (exact) mass is 306 g/mol. The second-order valence-electron chi connectivity index (χ2n) is 7.51. The van der Waals surface area contributed by atoms with Crippen molar-refractivity contribution in [2.45, 2.75) is 25.7 Å². The van der Waals surface area contributed by atoms with Crippen LogP contribution in [0.15, 0.2) is 30.3 Å². The molecule has 1 aliphatic heterocycles. The summed E-state index contributed by atoms with van der Waals surface area (Å²) in [6.07, 6.45) is 4.12. The van der Waals surface area contributed by atoms with E-state index in [1.165, 1.54) is 5.56 Å². The maximum absolute atomic E-state index is 13.0. The van der Waals surface area contributed by atoms with E-state index >= 15 is 0 Å². The average molecular weight is 306 g/mol. The second-order valence-corrected chi connectivity index (χ2v) is 7.51. The Balaban J connectivity index is 1.55. The minimum Gasteiger partial charge on any atom is -0.398 e. The molecule has 2 bridgehead atoms. The summed E-state index contributed by atoms with van der Waals surface area (Å²) in [5, 5.41) is 2.21. The van der Waals surface area contributed by atoms with Crippen LogP contribution in [0.1, 0.15) is 24.8 Å². The summed E-state index contributed by atoms with van der Waals surface area (Å²) in [4.78, 5) is 26.0. The van der Waals surface area contributed by atoms with Crippen molar-refractivity contribution in [3.8, 4) is 0 Å². The van der Waals surface area contributed by atoms with Crippen molar-refractivity contribution in [2.24, 2.45) is 10.8 Å². The predicted octanol–water partition coefficient (Wildman–Crippen LogP) is 2.68. The number of nitrogen functional groups attached to an aromatic ring is 1. The van der Waals surface area contributed by atoms with Crippen LogP contribution in [-0.4, -0.2) is 18.7 Å². The van der Waals surface area contributed by atoms with E-state index in [1.807, 2.05) is 29.2 Å². The van der Waals surface area contributed by atoms with Gasteiger partial charge in [0.1, 0.15) is 6.29 Å². The third-order valence-corrected chi connectivity index (χ3v) is 6.06. The smallest absolute Gasteiger partial charge is 0.233 e. The zero-order chi connectivity index (χ0) is 15.8. The average Bonchev–Trinajstić information content (AvgIpc) is 2.89. The number of anilines is 2. The maximum Gasteiger partial charge on any atom is 0.233 e.